The Labute approximate surface area is 106 Å². The van der Waals surface area contributed by atoms with Gasteiger partial charge in [-0.2, -0.15) is 0 Å². The van der Waals surface area contributed by atoms with E-state index >= 15 is 0 Å². The van der Waals surface area contributed by atoms with Gasteiger partial charge in [-0.1, -0.05) is 24.3 Å². The summed E-state index contributed by atoms with van der Waals surface area (Å²) >= 11 is 0. The van der Waals surface area contributed by atoms with E-state index in [1.54, 1.807) is 0 Å². The second kappa shape index (κ2) is 6.31. The Bertz CT molecular complexity index is 406. The minimum absolute atomic E-state index is 0.168. The number of carbonyl (C=O) groups excluding carboxylic acids is 1. The number of aliphatic hydroxyl groups is 1. The van der Waals surface area contributed by atoms with Gasteiger partial charge in [-0.15, -0.1) is 0 Å². The first kappa shape index (κ1) is 14.4. The van der Waals surface area contributed by atoms with E-state index in [-0.39, 0.29) is 12.8 Å². The van der Waals surface area contributed by atoms with Gasteiger partial charge in [0, 0.05) is 12.8 Å². The van der Waals surface area contributed by atoms with Crippen LogP contribution in [0.5, 0.6) is 0 Å². The molecule has 0 saturated carbocycles. The minimum atomic E-state index is -1.33. The predicted octanol–water partition coefficient (Wildman–Crippen LogP) is 1.59. The van der Waals surface area contributed by atoms with E-state index in [1.165, 1.54) is 6.92 Å². The molecular formula is C14H18O4. The Morgan fingerprint density at radius 3 is 2.33 bits per heavy atom. The number of carboxylic acids is 1. The average Bonchev–Trinajstić information content (AvgIpc) is 2.31. The fourth-order valence-corrected chi connectivity index (χ4v) is 1.72. The molecule has 0 amide bonds. The summed E-state index contributed by atoms with van der Waals surface area (Å²) in [5.74, 6) is -0.784. The molecule has 0 aliphatic heterocycles. The van der Waals surface area contributed by atoms with Crippen molar-refractivity contribution in [3.05, 3.63) is 35.4 Å². The highest BCUT2D eigenvalue weighted by Crippen LogP contribution is 2.13. The molecule has 0 spiro atoms. The Balaban J connectivity index is 2.52. The summed E-state index contributed by atoms with van der Waals surface area (Å²) in [4.78, 5) is 21.0. The Kier molecular flexibility index (Phi) is 5.04. The van der Waals surface area contributed by atoms with Gasteiger partial charge in [-0.25, -0.2) is 0 Å². The van der Waals surface area contributed by atoms with Crippen LogP contribution in [0.2, 0.25) is 0 Å². The number of hydrogen-bond acceptors (Lipinski definition) is 3. The van der Waals surface area contributed by atoms with Crippen LogP contribution in [0.15, 0.2) is 24.3 Å². The molecule has 0 fully saturated rings. The molecule has 98 valence electrons. The molecule has 18 heavy (non-hydrogen) atoms. The number of rotatable bonds is 7. The molecule has 1 unspecified atom stereocenters. The van der Waals surface area contributed by atoms with E-state index in [1.807, 2.05) is 24.3 Å². The van der Waals surface area contributed by atoms with Crippen LogP contribution in [0.3, 0.4) is 0 Å². The molecule has 0 bridgehead atoms. The van der Waals surface area contributed by atoms with Gasteiger partial charge in [0.05, 0.1) is 0 Å². The van der Waals surface area contributed by atoms with E-state index in [0.717, 1.165) is 17.5 Å². The second-order valence-electron chi connectivity index (χ2n) is 4.72. The number of benzene rings is 1. The van der Waals surface area contributed by atoms with Crippen molar-refractivity contribution in [2.24, 2.45) is 0 Å². The molecule has 1 atom stereocenters. The van der Waals surface area contributed by atoms with E-state index in [4.69, 9.17) is 5.11 Å². The highest BCUT2D eigenvalue weighted by Gasteiger charge is 2.19. The molecule has 2 N–H and O–H groups in total. The molecule has 0 aromatic heterocycles. The summed E-state index contributed by atoms with van der Waals surface area (Å²) in [6.45, 7) is 1.47. The van der Waals surface area contributed by atoms with Crippen molar-refractivity contribution < 1.29 is 19.8 Å². The zero-order valence-corrected chi connectivity index (χ0v) is 10.4. The van der Waals surface area contributed by atoms with Gasteiger partial charge >= 0.3 is 5.97 Å². The minimum Gasteiger partial charge on any atom is -0.481 e. The van der Waals surface area contributed by atoms with Crippen molar-refractivity contribution in [3.63, 3.8) is 0 Å². The quantitative estimate of drug-likeness (QED) is 0.721. The Morgan fingerprint density at radius 2 is 1.83 bits per heavy atom. The van der Waals surface area contributed by atoms with Crippen molar-refractivity contribution in [1.82, 2.24) is 0 Å². The molecule has 0 radical (unpaired) electrons. The number of carboxylic acid groups (broad SMARTS) is 1. The lowest BCUT2D eigenvalue weighted by molar-refractivity contribution is -0.137. The molecule has 0 saturated heterocycles. The van der Waals surface area contributed by atoms with Gasteiger partial charge < -0.3 is 15.0 Å². The van der Waals surface area contributed by atoms with Crippen LogP contribution >= 0.6 is 0 Å². The fourth-order valence-electron chi connectivity index (χ4n) is 1.72. The zero-order valence-electron chi connectivity index (χ0n) is 10.4. The van der Waals surface area contributed by atoms with Gasteiger partial charge in [-0.05, 0) is 30.9 Å². The van der Waals surface area contributed by atoms with E-state index in [0.29, 0.717) is 12.7 Å². The van der Waals surface area contributed by atoms with Gasteiger partial charge in [0.25, 0.3) is 0 Å². The maximum Gasteiger partial charge on any atom is 0.303 e. The first-order chi connectivity index (χ1) is 8.43. The molecule has 1 aromatic carbocycles. The standard InChI is InChI=1S/C14H18O4/c1-14(18,10-15)9-12-7-5-11(6-8-12)3-2-4-13(16)17/h5-8,10,18H,2-4,9H2,1H3,(H,16,17). The topological polar surface area (TPSA) is 74.6 Å². The second-order valence-corrected chi connectivity index (χ2v) is 4.72. The molecule has 1 rings (SSSR count). The number of aldehydes is 1. The van der Waals surface area contributed by atoms with Crippen molar-refractivity contribution >= 4 is 12.3 Å². The van der Waals surface area contributed by atoms with Gasteiger partial charge in [-0.3, -0.25) is 4.79 Å². The maximum absolute atomic E-state index is 10.6. The van der Waals surface area contributed by atoms with Crippen LogP contribution in [0, 0.1) is 0 Å². The fraction of sp³-hybridized carbons (Fsp3) is 0.429. The first-order valence-corrected chi connectivity index (χ1v) is 5.91. The van der Waals surface area contributed by atoms with Crippen molar-refractivity contribution in [2.75, 3.05) is 0 Å². The first-order valence-electron chi connectivity index (χ1n) is 5.91. The van der Waals surface area contributed by atoms with Crippen LogP contribution in [0.1, 0.15) is 30.9 Å². The van der Waals surface area contributed by atoms with Gasteiger partial charge in [0.2, 0.25) is 0 Å². The van der Waals surface area contributed by atoms with Crippen molar-refractivity contribution in [3.8, 4) is 0 Å². The highest BCUT2D eigenvalue weighted by molar-refractivity contribution is 5.66. The lowest BCUT2D eigenvalue weighted by atomic mass is 9.96. The monoisotopic (exact) mass is 250 g/mol. The lowest BCUT2D eigenvalue weighted by Gasteiger charge is -2.15. The van der Waals surface area contributed by atoms with E-state index in [2.05, 4.69) is 0 Å². The third-order valence-corrected chi connectivity index (χ3v) is 2.69. The smallest absolute Gasteiger partial charge is 0.303 e. The molecule has 0 aliphatic rings. The largest absolute Gasteiger partial charge is 0.481 e. The average molecular weight is 250 g/mol. The van der Waals surface area contributed by atoms with Gasteiger partial charge in [0.1, 0.15) is 5.60 Å². The van der Waals surface area contributed by atoms with Crippen LogP contribution in [0.25, 0.3) is 0 Å². The number of carbonyl (C=O) groups is 2. The highest BCUT2D eigenvalue weighted by atomic mass is 16.4. The SMILES string of the molecule is CC(O)(C=O)Cc1ccc(CCCC(=O)O)cc1. The van der Waals surface area contributed by atoms with Crippen molar-refractivity contribution in [1.29, 1.82) is 0 Å². The number of hydrogen-bond donors (Lipinski definition) is 2. The molecule has 1 aromatic rings. The summed E-state index contributed by atoms with van der Waals surface area (Å²) < 4.78 is 0. The van der Waals surface area contributed by atoms with Crippen LogP contribution in [0.4, 0.5) is 0 Å². The van der Waals surface area contributed by atoms with Crippen molar-refractivity contribution in [2.45, 2.75) is 38.2 Å². The molecule has 4 heteroatoms. The summed E-state index contributed by atoms with van der Waals surface area (Å²) in [5.41, 5.74) is 0.616. The van der Waals surface area contributed by atoms with E-state index in [9.17, 15) is 14.7 Å². The van der Waals surface area contributed by atoms with Crippen LogP contribution < -0.4 is 0 Å². The van der Waals surface area contributed by atoms with Crippen LogP contribution in [-0.4, -0.2) is 28.1 Å². The Morgan fingerprint density at radius 1 is 1.28 bits per heavy atom. The summed E-state index contributed by atoms with van der Waals surface area (Å²) in [6.07, 6.45) is 2.32. The molecule has 4 nitrogen and oxygen atoms in total. The zero-order chi connectivity index (χ0) is 13.6. The molecule has 0 aliphatic carbocycles. The van der Waals surface area contributed by atoms with E-state index < -0.39 is 11.6 Å². The molecular weight excluding hydrogens is 232 g/mol. The predicted molar refractivity (Wildman–Crippen MR) is 67.4 cm³/mol. The van der Waals surface area contributed by atoms with Crippen LogP contribution in [-0.2, 0) is 22.4 Å². The summed E-state index contributed by atoms with van der Waals surface area (Å²) in [7, 11) is 0. The number of aliphatic carboxylic acids is 1. The summed E-state index contributed by atoms with van der Waals surface area (Å²) in [5, 5.41) is 18.1. The lowest BCUT2D eigenvalue weighted by Crippen LogP contribution is -2.28. The maximum atomic E-state index is 10.6. The Hall–Kier alpha value is -1.68. The third kappa shape index (κ3) is 5.10. The molecule has 0 heterocycles. The third-order valence-electron chi connectivity index (χ3n) is 2.69. The number of aryl methyl sites for hydroxylation is 1. The van der Waals surface area contributed by atoms with Gasteiger partial charge in [0.15, 0.2) is 6.29 Å². The normalized spacial score (nSPS) is 13.9. The summed E-state index contributed by atoms with van der Waals surface area (Å²) in [6, 6.07) is 7.51.